The Morgan fingerprint density at radius 2 is 2.18 bits per heavy atom. The van der Waals surface area contributed by atoms with Gasteiger partial charge in [-0.05, 0) is 13.3 Å². The molecule has 0 aliphatic carbocycles. The fraction of sp³-hybridized carbons (Fsp3) is 0.625. The molecule has 0 aliphatic rings. The first kappa shape index (κ1) is 8.27. The predicted molar refractivity (Wildman–Crippen MR) is 45.2 cm³/mol. The number of aryl methyl sites for hydroxylation is 1. The molecule has 0 aliphatic heterocycles. The van der Waals surface area contributed by atoms with Crippen molar-refractivity contribution in [2.24, 2.45) is 12.8 Å². The van der Waals surface area contributed by atoms with Crippen molar-refractivity contribution in [2.75, 3.05) is 0 Å². The van der Waals surface area contributed by atoms with Crippen LogP contribution >= 0.6 is 0 Å². The minimum absolute atomic E-state index is 0.525. The zero-order valence-corrected chi connectivity index (χ0v) is 7.39. The van der Waals surface area contributed by atoms with Crippen molar-refractivity contribution in [3.8, 4) is 0 Å². The number of nitrogens with two attached hydrogens (primary N) is 1. The summed E-state index contributed by atoms with van der Waals surface area (Å²) in [6.45, 7) is 4.68. The Bertz CT molecular complexity index is 250. The van der Waals surface area contributed by atoms with Gasteiger partial charge in [-0.2, -0.15) is 0 Å². The van der Waals surface area contributed by atoms with Gasteiger partial charge in [0.05, 0.1) is 12.2 Å². The first-order valence-corrected chi connectivity index (χ1v) is 3.91. The maximum absolute atomic E-state index is 5.50. The van der Waals surface area contributed by atoms with Gasteiger partial charge < -0.3 is 10.3 Å². The quantitative estimate of drug-likeness (QED) is 0.681. The van der Waals surface area contributed by atoms with Gasteiger partial charge in [-0.1, -0.05) is 6.92 Å². The minimum Gasteiger partial charge on any atom is -0.334 e. The lowest BCUT2D eigenvalue weighted by Crippen LogP contribution is -2.06. The lowest BCUT2D eigenvalue weighted by Gasteiger charge is -2.01. The highest BCUT2D eigenvalue weighted by Crippen LogP contribution is 2.08. The number of rotatable bonds is 2. The Hall–Kier alpha value is -0.830. The molecule has 0 fully saturated rings. The van der Waals surface area contributed by atoms with Gasteiger partial charge in [-0.25, -0.2) is 4.98 Å². The number of hydrogen-bond donors (Lipinski definition) is 1. The SMILES string of the molecule is CCc1c(C)nc(CN)n1C. The molecule has 11 heavy (non-hydrogen) atoms. The Morgan fingerprint density at radius 1 is 1.55 bits per heavy atom. The van der Waals surface area contributed by atoms with Crippen LogP contribution in [0.3, 0.4) is 0 Å². The lowest BCUT2D eigenvalue weighted by atomic mass is 10.3. The number of aromatic nitrogens is 2. The number of nitrogens with zero attached hydrogens (tertiary/aromatic N) is 2. The normalized spacial score (nSPS) is 10.5. The molecule has 0 bridgehead atoms. The van der Waals surface area contributed by atoms with Crippen molar-refractivity contribution in [1.82, 2.24) is 9.55 Å². The topological polar surface area (TPSA) is 43.8 Å². The molecule has 3 nitrogen and oxygen atoms in total. The van der Waals surface area contributed by atoms with Crippen LogP contribution in [0, 0.1) is 6.92 Å². The third kappa shape index (κ3) is 1.28. The highest BCUT2D eigenvalue weighted by Gasteiger charge is 2.06. The Kier molecular flexibility index (Phi) is 2.29. The summed E-state index contributed by atoms with van der Waals surface area (Å²) in [4.78, 5) is 4.34. The summed E-state index contributed by atoms with van der Waals surface area (Å²) < 4.78 is 2.08. The molecule has 0 amide bonds. The smallest absolute Gasteiger partial charge is 0.122 e. The average molecular weight is 153 g/mol. The summed E-state index contributed by atoms with van der Waals surface area (Å²) in [5, 5.41) is 0. The summed E-state index contributed by atoms with van der Waals surface area (Å²) in [7, 11) is 2.01. The van der Waals surface area contributed by atoms with E-state index < -0.39 is 0 Å². The van der Waals surface area contributed by atoms with Gasteiger partial charge in [0, 0.05) is 12.7 Å². The van der Waals surface area contributed by atoms with E-state index >= 15 is 0 Å². The van der Waals surface area contributed by atoms with Crippen molar-refractivity contribution in [1.29, 1.82) is 0 Å². The second-order valence-corrected chi connectivity index (χ2v) is 2.68. The Balaban J connectivity index is 3.14. The van der Waals surface area contributed by atoms with E-state index in [0.29, 0.717) is 6.54 Å². The van der Waals surface area contributed by atoms with E-state index in [2.05, 4.69) is 16.5 Å². The molecule has 0 unspecified atom stereocenters. The molecule has 1 aromatic rings. The van der Waals surface area contributed by atoms with E-state index in [0.717, 1.165) is 17.9 Å². The summed E-state index contributed by atoms with van der Waals surface area (Å²) in [6, 6.07) is 0. The van der Waals surface area contributed by atoms with Gasteiger partial charge in [0.2, 0.25) is 0 Å². The maximum atomic E-state index is 5.50. The molecule has 0 spiro atoms. The van der Waals surface area contributed by atoms with Gasteiger partial charge in [-0.15, -0.1) is 0 Å². The van der Waals surface area contributed by atoms with Crippen molar-refractivity contribution in [3.63, 3.8) is 0 Å². The number of hydrogen-bond acceptors (Lipinski definition) is 2. The van der Waals surface area contributed by atoms with Crippen LogP contribution in [0.25, 0.3) is 0 Å². The van der Waals surface area contributed by atoms with E-state index in [4.69, 9.17) is 5.73 Å². The largest absolute Gasteiger partial charge is 0.334 e. The summed E-state index contributed by atoms with van der Waals surface area (Å²) in [5.41, 5.74) is 7.89. The van der Waals surface area contributed by atoms with Crippen molar-refractivity contribution >= 4 is 0 Å². The molecule has 62 valence electrons. The van der Waals surface area contributed by atoms with Crippen LogP contribution in [0.15, 0.2) is 0 Å². The molecule has 0 saturated carbocycles. The van der Waals surface area contributed by atoms with E-state index in [-0.39, 0.29) is 0 Å². The number of imidazole rings is 1. The second kappa shape index (κ2) is 3.05. The van der Waals surface area contributed by atoms with Crippen LogP contribution in [-0.4, -0.2) is 9.55 Å². The molecule has 3 heteroatoms. The molecule has 1 rings (SSSR count). The zero-order valence-electron chi connectivity index (χ0n) is 7.39. The third-order valence-corrected chi connectivity index (χ3v) is 2.02. The molecule has 0 saturated heterocycles. The van der Waals surface area contributed by atoms with E-state index in [1.54, 1.807) is 0 Å². The Morgan fingerprint density at radius 3 is 2.45 bits per heavy atom. The molecule has 1 heterocycles. The molecular formula is C8H15N3. The van der Waals surface area contributed by atoms with Crippen LogP contribution in [0.4, 0.5) is 0 Å². The molecule has 0 radical (unpaired) electrons. The molecular weight excluding hydrogens is 138 g/mol. The lowest BCUT2D eigenvalue weighted by molar-refractivity contribution is 0.754. The van der Waals surface area contributed by atoms with Crippen LogP contribution in [0.2, 0.25) is 0 Å². The van der Waals surface area contributed by atoms with Crippen molar-refractivity contribution in [3.05, 3.63) is 17.2 Å². The molecule has 1 aromatic heterocycles. The van der Waals surface area contributed by atoms with Gasteiger partial charge >= 0.3 is 0 Å². The second-order valence-electron chi connectivity index (χ2n) is 2.68. The first-order chi connectivity index (χ1) is 5.20. The summed E-state index contributed by atoms with van der Waals surface area (Å²) in [6.07, 6.45) is 1.02. The minimum atomic E-state index is 0.525. The monoisotopic (exact) mass is 153 g/mol. The van der Waals surface area contributed by atoms with Crippen LogP contribution in [-0.2, 0) is 20.0 Å². The fourth-order valence-corrected chi connectivity index (χ4v) is 1.41. The van der Waals surface area contributed by atoms with Crippen LogP contribution < -0.4 is 5.73 Å². The summed E-state index contributed by atoms with van der Waals surface area (Å²) in [5.74, 6) is 0.972. The van der Waals surface area contributed by atoms with Gasteiger partial charge in [0.1, 0.15) is 5.82 Å². The standard InChI is InChI=1S/C8H15N3/c1-4-7-6(2)10-8(5-9)11(7)3/h4-5,9H2,1-3H3. The molecule has 0 atom stereocenters. The van der Waals surface area contributed by atoms with Gasteiger partial charge in [-0.3, -0.25) is 0 Å². The van der Waals surface area contributed by atoms with Gasteiger partial charge in [0.25, 0.3) is 0 Å². The van der Waals surface area contributed by atoms with E-state index in [9.17, 15) is 0 Å². The average Bonchev–Trinajstić information content (AvgIpc) is 2.26. The third-order valence-electron chi connectivity index (χ3n) is 2.02. The maximum Gasteiger partial charge on any atom is 0.122 e. The zero-order chi connectivity index (χ0) is 8.43. The first-order valence-electron chi connectivity index (χ1n) is 3.91. The highest BCUT2D eigenvalue weighted by molar-refractivity contribution is 5.15. The molecule has 2 N–H and O–H groups in total. The van der Waals surface area contributed by atoms with Crippen molar-refractivity contribution < 1.29 is 0 Å². The fourth-order valence-electron chi connectivity index (χ4n) is 1.41. The van der Waals surface area contributed by atoms with E-state index in [1.807, 2.05) is 14.0 Å². The summed E-state index contributed by atoms with van der Waals surface area (Å²) >= 11 is 0. The predicted octanol–water partition coefficient (Wildman–Crippen LogP) is 0.750. The Labute approximate surface area is 67.2 Å². The molecule has 0 aromatic carbocycles. The van der Waals surface area contributed by atoms with Gasteiger partial charge in [0.15, 0.2) is 0 Å². The van der Waals surface area contributed by atoms with Crippen LogP contribution in [0.1, 0.15) is 24.1 Å². The van der Waals surface area contributed by atoms with E-state index in [1.165, 1.54) is 5.69 Å². The highest BCUT2D eigenvalue weighted by atomic mass is 15.1. The van der Waals surface area contributed by atoms with Crippen molar-refractivity contribution in [2.45, 2.75) is 26.8 Å². The van der Waals surface area contributed by atoms with Crippen LogP contribution in [0.5, 0.6) is 0 Å².